The lowest BCUT2D eigenvalue weighted by atomic mass is 10.2. The minimum Gasteiger partial charge on any atom is -0.368 e. The van der Waals surface area contributed by atoms with Gasteiger partial charge in [-0.3, -0.25) is 5.10 Å². The average Bonchev–Trinajstić information content (AvgIpc) is 2.43. The number of anilines is 1. The third kappa shape index (κ3) is 2.47. The van der Waals surface area contributed by atoms with Crippen molar-refractivity contribution >= 4 is 5.82 Å². The molecule has 0 spiro atoms. The van der Waals surface area contributed by atoms with E-state index < -0.39 is 0 Å². The second-order valence-corrected chi connectivity index (χ2v) is 3.80. The van der Waals surface area contributed by atoms with Crippen LogP contribution in [0.4, 0.5) is 5.82 Å². The van der Waals surface area contributed by atoms with Crippen molar-refractivity contribution in [1.82, 2.24) is 10.2 Å². The number of aryl methyl sites for hydroxylation is 1. The Morgan fingerprint density at radius 3 is 2.62 bits per heavy atom. The van der Waals surface area contributed by atoms with Gasteiger partial charge in [0.25, 0.3) is 0 Å². The van der Waals surface area contributed by atoms with E-state index in [1.807, 2.05) is 0 Å². The molecule has 0 aliphatic rings. The van der Waals surface area contributed by atoms with Crippen LogP contribution in [0.2, 0.25) is 0 Å². The Morgan fingerprint density at radius 2 is 2.15 bits per heavy atom. The van der Waals surface area contributed by atoms with Crippen molar-refractivity contribution in [3.63, 3.8) is 0 Å². The number of aromatic nitrogens is 2. The zero-order valence-electron chi connectivity index (χ0n) is 8.94. The number of hydrogen-bond donors (Lipinski definition) is 2. The van der Waals surface area contributed by atoms with Crippen LogP contribution < -0.4 is 5.32 Å². The molecule has 0 fully saturated rings. The maximum atomic E-state index is 4.22. The summed E-state index contributed by atoms with van der Waals surface area (Å²) in [6, 6.07) is 0. The number of hydrogen-bond acceptors (Lipinski definition) is 2. The number of nitrogens with one attached hydrogen (secondary N) is 2. The number of aromatic amines is 1. The van der Waals surface area contributed by atoms with Crippen molar-refractivity contribution < 1.29 is 0 Å². The van der Waals surface area contributed by atoms with E-state index in [0.29, 0.717) is 5.92 Å². The molecule has 0 saturated heterocycles. The lowest BCUT2D eigenvalue weighted by Crippen LogP contribution is -2.08. The van der Waals surface area contributed by atoms with Gasteiger partial charge in [0.2, 0.25) is 0 Å². The molecule has 0 bridgehead atoms. The van der Waals surface area contributed by atoms with Crippen LogP contribution in [0.25, 0.3) is 0 Å². The van der Waals surface area contributed by atoms with Gasteiger partial charge in [-0.1, -0.05) is 20.8 Å². The molecule has 0 atom stereocenters. The normalized spacial score (nSPS) is 10.8. The van der Waals surface area contributed by atoms with Gasteiger partial charge in [0.05, 0.1) is 0 Å². The molecule has 3 heteroatoms. The lowest BCUT2D eigenvalue weighted by Gasteiger charge is -2.06. The van der Waals surface area contributed by atoms with Crippen molar-refractivity contribution in [1.29, 1.82) is 0 Å². The molecule has 1 rings (SSSR count). The van der Waals surface area contributed by atoms with Crippen LogP contribution in [0.3, 0.4) is 0 Å². The first-order chi connectivity index (χ1) is 6.15. The molecule has 0 aromatic carbocycles. The molecule has 0 aliphatic heterocycles. The van der Waals surface area contributed by atoms with E-state index >= 15 is 0 Å². The third-order valence-corrected chi connectivity index (χ3v) is 2.14. The summed E-state index contributed by atoms with van der Waals surface area (Å²) < 4.78 is 0. The van der Waals surface area contributed by atoms with Gasteiger partial charge in [-0.05, 0) is 19.3 Å². The van der Waals surface area contributed by atoms with Crippen LogP contribution in [-0.4, -0.2) is 16.7 Å². The molecule has 0 aliphatic carbocycles. The van der Waals surface area contributed by atoms with Crippen LogP contribution in [0.15, 0.2) is 0 Å². The molecule has 0 saturated carbocycles. The smallest absolute Gasteiger partial charge is 0.150 e. The minimum absolute atomic E-state index is 0.654. The van der Waals surface area contributed by atoms with Crippen LogP contribution in [0.1, 0.15) is 32.0 Å². The van der Waals surface area contributed by atoms with Gasteiger partial charge in [0, 0.05) is 17.8 Å². The Labute approximate surface area is 79.9 Å². The van der Waals surface area contributed by atoms with Crippen molar-refractivity contribution in [2.75, 3.05) is 11.9 Å². The van der Waals surface area contributed by atoms with E-state index in [4.69, 9.17) is 0 Å². The van der Waals surface area contributed by atoms with Crippen molar-refractivity contribution in [3.8, 4) is 0 Å². The van der Waals surface area contributed by atoms with Gasteiger partial charge < -0.3 is 5.32 Å². The second-order valence-electron chi connectivity index (χ2n) is 3.80. The fourth-order valence-electron chi connectivity index (χ4n) is 1.25. The Balaban J connectivity index is 2.62. The van der Waals surface area contributed by atoms with Crippen LogP contribution >= 0.6 is 0 Å². The molecule has 0 unspecified atom stereocenters. The Hall–Kier alpha value is -0.990. The minimum atomic E-state index is 0.654. The van der Waals surface area contributed by atoms with Gasteiger partial charge in [-0.2, -0.15) is 5.10 Å². The highest BCUT2D eigenvalue weighted by molar-refractivity contribution is 5.45. The molecule has 1 heterocycles. The summed E-state index contributed by atoms with van der Waals surface area (Å²) in [4.78, 5) is 0. The number of H-pyrrole nitrogens is 1. The van der Waals surface area contributed by atoms with Crippen molar-refractivity contribution in [3.05, 3.63) is 11.3 Å². The Bertz CT molecular complexity index is 263. The summed E-state index contributed by atoms with van der Waals surface area (Å²) in [7, 11) is 0. The quantitative estimate of drug-likeness (QED) is 0.748. The van der Waals surface area contributed by atoms with E-state index in [0.717, 1.165) is 18.8 Å². The summed E-state index contributed by atoms with van der Waals surface area (Å²) in [5.41, 5.74) is 2.48. The fourth-order valence-corrected chi connectivity index (χ4v) is 1.25. The maximum Gasteiger partial charge on any atom is 0.150 e. The van der Waals surface area contributed by atoms with Crippen LogP contribution in [0, 0.1) is 12.8 Å². The second kappa shape index (κ2) is 4.30. The summed E-state index contributed by atoms with van der Waals surface area (Å²) in [5.74, 6) is 1.66. The summed E-state index contributed by atoms with van der Waals surface area (Å²) >= 11 is 0. The maximum absolute atomic E-state index is 4.22. The van der Waals surface area contributed by atoms with Gasteiger partial charge >= 0.3 is 0 Å². The number of rotatable bonds is 4. The predicted molar refractivity (Wildman–Crippen MR) is 56.0 cm³/mol. The van der Waals surface area contributed by atoms with Crippen LogP contribution in [-0.2, 0) is 6.42 Å². The van der Waals surface area contributed by atoms with E-state index in [2.05, 4.69) is 43.2 Å². The van der Waals surface area contributed by atoms with E-state index in [9.17, 15) is 0 Å². The lowest BCUT2D eigenvalue weighted by molar-refractivity contribution is 0.686. The van der Waals surface area contributed by atoms with Crippen molar-refractivity contribution in [2.24, 2.45) is 5.92 Å². The topological polar surface area (TPSA) is 40.7 Å². The molecule has 1 aromatic heterocycles. The van der Waals surface area contributed by atoms with E-state index in [1.54, 1.807) is 0 Å². The first kappa shape index (κ1) is 10.1. The van der Waals surface area contributed by atoms with Gasteiger partial charge in [-0.15, -0.1) is 0 Å². The first-order valence-corrected chi connectivity index (χ1v) is 4.92. The van der Waals surface area contributed by atoms with Crippen LogP contribution in [0.5, 0.6) is 0 Å². The van der Waals surface area contributed by atoms with Gasteiger partial charge in [0.1, 0.15) is 0 Å². The largest absolute Gasteiger partial charge is 0.368 e. The molecule has 74 valence electrons. The Kier molecular flexibility index (Phi) is 3.34. The number of nitrogens with zero attached hydrogens (tertiary/aromatic N) is 1. The standard InChI is InChI=1S/C10H19N3/c1-5-9-8(4)10(13-12-9)11-6-7(2)3/h7H,5-6H2,1-4H3,(H2,11,12,13). The molecule has 13 heavy (non-hydrogen) atoms. The summed E-state index contributed by atoms with van der Waals surface area (Å²) in [6.45, 7) is 9.60. The molecule has 3 nitrogen and oxygen atoms in total. The summed E-state index contributed by atoms with van der Waals surface area (Å²) in [6.07, 6.45) is 1.02. The molecule has 0 amide bonds. The monoisotopic (exact) mass is 181 g/mol. The highest BCUT2D eigenvalue weighted by atomic mass is 15.2. The van der Waals surface area contributed by atoms with Gasteiger partial charge in [0.15, 0.2) is 5.82 Å². The highest BCUT2D eigenvalue weighted by Crippen LogP contribution is 2.15. The van der Waals surface area contributed by atoms with Gasteiger partial charge in [-0.25, -0.2) is 0 Å². The van der Waals surface area contributed by atoms with Crippen molar-refractivity contribution in [2.45, 2.75) is 34.1 Å². The summed E-state index contributed by atoms with van der Waals surface area (Å²) in [5, 5.41) is 10.6. The molecular weight excluding hydrogens is 162 g/mol. The SMILES string of the molecule is CCc1[nH]nc(NCC(C)C)c1C. The zero-order valence-corrected chi connectivity index (χ0v) is 8.94. The molecular formula is C10H19N3. The highest BCUT2D eigenvalue weighted by Gasteiger charge is 2.06. The predicted octanol–water partition coefficient (Wildman–Crippen LogP) is 2.35. The molecule has 0 radical (unpaired) electrons. The third-order valence-electron chi connectivity index (χ3n) is 2.14. The zero-order chi connectivity index (χ0) is 9.84. The average molecular weight is 181 g/mol. The van der Waals surface area contributed by atoms with E-state index in [-0.39, 0.29) is 0 Å². The first-order valence-electron chi connectivity index (χ1n) is 4.92. The van der Waals surface area contributed by atoms with E-state index in [1.165, 1.54) is 11.3 Å². The molecule has 2 N–H and O–H groups in total. The fraction of sp³-hybridized carbons (Fsp3) is 0.700. The molecule has 1 aromatic rings. The Morgan fingerprint density at radius 1 is 1.46 bits per heavy atom.